The fourth-order valence-corrected chi connectivity index (χ4v) is 4.08. The summed E-state index contributed by atoms with van der Waals surface area (Å²) in [5, 5.41) is 6.28. The first-order valence-corrected chi connectivity index (χ1v) is 11.2. The zero-order chi connectivity index (χ0) is 24.4. The molecular formula is C25H21Cl2FN4O2. The molecule has 0 saturated carbocycles. The summed E-state index contributed by atoms with van der Waals surface area (Å²) >= 11 is 12.1. The number of aryl methyl sites for hydroxylation is 1. The lowest BCUT2D eigenvalue weighted by molar-refractivity contribution is 0.102. The summed E-state index contributed by atoms with van der Waals surface area (Å²) in [6, 6.07) is 14.0. The van der Waals surface area contributed by atoms with Crippen molar-refractivity contribution in [1.29, 1.82) is 0 Å². The first-order chi connectivity index (χ1) is 16.2. The van der Waals surface area contributed by atoms with Gasteiger partial charge in [-0.2, -0.15) is 0 Å². The van der Waals surface area contributed by atoms with Crippen molar-refractivity contribution in [2.75, 3.05) is 30.8 Å². The SMILES string of the molecule is Cc1cc(Cl)cc(C(=O)Nc2ccc(Cl)cc2)c1NC(=O)c1ccc(C2=NCCN2C)cc1F. The van der Waals surface area contributed by atoms with Gasteiger partial charge < -0.3 is 15.5 Å². The number of benzene rings is 3. The van der Waals surface area contributed by atoms with Gasteiger partial charge in [0.25, 0.3) is 11.8 Å². The van der Waals surface area contributed by atoms with Gasteiger partial charge in [0.15, 0.2) is 0 Å². The fraction of sp³-hybridized carbons (Fsp3) is 0.160. The highest BCUT2D eigenvalue weighted by Crippen LogP contribution is 2.28. The van der Waals surface area contributed by atoms with E-state index in [4.69, 9.17) is 23.2 Å². The summed E-state index contributed by atoms with van der Waals surface area (Å²) in [4.78, 5) is 32.3. The third-order valence-electron chi connectivity index (χ3n) is 5.42. The zero-order valence-corrected chi connectivity index (χ0v) is 20.0. The van der Waals surface area contributed by atoms with Gasteiger partial charge in [0.05, 0.1) is 23.4 Å². The Bertz CT molecular complexity index is 1310. The van der Waals surface area contributed by atoms with Gasteiger partial charge in [0, 0.05) is 34.9 Å². The number of carbonyl (C=O) groups is 2. The van der Waals surface area contributed by atoms with Gasteiger partial charge in [-0.05, 0) is 61.0 Å². The zero-order valence-electron chi connectivity index (χ0n) is 18.5. The number of nitrogens with one attached hydrogen (secondary N) is 2. The molecule has 2 amide bonds. The Morgan fingerprint density at radius 3 is 2.29 bits per heavy atom. The average Bonchev–Trinajstić information content (AvgIpc) is 3.22. The van der Waals surface area contributed by atoms with Crippen molar-refractivity contribution >= 4 is 52.2 Å². The fourth-order valence-electron chi connectivity index (χ4n) is 3.68. The van der Waals surface area contributed by atoms with Gasteiger partial charge in [-0.25, -0.2) is 4.39 Å². The molecule has 0 unspecified atom stereocenters. The van der Waals surface area contributed by atoms with Gasteiger partial charge in [-0.3, -0.25) is 14.6 Å². The first-order valence-electron chi connectivity index (χ1n) is 10.5. The minimum atomic E-state index is -0.684. The molecule has 0 fully saturated rings. The van der Waals surface area contributed by atoms with Crippen LogP contribution in [0.2, 0.25) is 10.0 Å². The van der Waals surface area contributed by atoms with Crippen LogP contribution in [0.25, 0.3) is 0 Å². The summed E-state index contributed by atoms with van der Waals surface area (Å²) in [5.74, 6) is -1.17. The second-order valence-electron chi connectivity index (χ2n) is 7.88. The summed E-state index contributed by atoms with van der Waals surface area (Å²) < 4.78 is 14.9. The van der Waals surface area contributed by atoms with E-state index in [2.05, 4.69) is 15.6 Å². The van der Waals surface area contributed by atoms with Crippen LogP contribution in [0.15, 0.2) is 59.6 Å². The molecule has 3 aromatic carbocycles. The van der Waals surface area contributed by atoms with Gasteiger partial charge in [-0.15, -0.1) is 0 Å². The van der Waals surface area contributed by atoms with Crippen LogP contribution >= 0.6 is 23.2 Å². The molecule has 1 heterocycles. The van der Waals surface area contributed by atoms with Crippen LogP contribution in [0.4, 0.5) is 15.8 Å². The number of carbonyl (C=O) groups excluding carboxylic acids is 2. The molecule has 1 aliphatic heterocycles. The van der Waals surface area contributed by atoms with Crippen molar-refractivity contribution in [3.8, 4) is 0 Å². The summed E-state index contributed by atoms with van der Waals surface area (Å²) in [7, 11) is 1.88. The second-order valence-corrected chi connectivity index (χ2v) is 8.75. The van der Waals surface area contributed by atoms with Crippen molar-refractivity contribution in [2.45, 2.75) is 6.92 Å². The van der Waals surface area contributed by atoms with E-state index >= 15 is 0 Å². The summed E-state index contributed by atoms with van der Waals surface area (Å²) in [5.41, 5.74) is 1.91. The van der Waals surface area contributed by atoms with Crippen LogP contribution in [0.1, 0.15) is 31.8 Å². The third kappa shape index (κ3) is 5.05. The van der Waals surface area contributed by atoms with Crippen LogP contribution in [-0.4, -0.2) is 42.7 Å². The minimum absolute atomic E-state index is 0.146. The van der Waals surface area contributed by atoms with Crippen LogP contribution < -0.4 is 10.6 Å². The van der Waals surface area contributed by atoms with Crippen LogP contribution in [0.3, 0.4) is 0 Å². The van der Waals surface area contributed by atoms with Gasteiger partial charge in [0.2, 0.25) is 0 Å². The maximum Gasteiger partial charge on any atom is 0.258 e. The van der Waals surface area contributed by atoms with Crippen LogP contribution in [0.5, 0.6) is 0 Å². The maximum atomic E-state index is 14.9. The minimum Gasteiger partial charge on any atom is -0.358 e. The van der Waals surface area contributed by atoms with E-state index < -0.39 is 17.6 Å². The van der Waals surface area contributed by atoms with E-state index in [9.17, 15) is 14.0 Å². The third-order valence-corrected chi connectivity index (χ3v) is 5.89. The van der Waals surface area contributed by atoms with Crippen molar-refractivity contribution < 1.29 is 14.0 Å². The smallest absolute Gasteiger partial charge is 0.258 e. The van der Waals surface area contributed by atoms with E-state index in [0.717, 1.165) is 6.54 Å². The molecule has 0 spiro atoms. The van der Waals surface area contributed by atoms with Gasteiger partial charge >= 0.3 is 0 Å². The predicted molar refractivity (Wildman–Crippen MR) is 134 cm³/mol. The Morgan fingerprint density at radius 1 is 0.941 bits per heavy atom. The van der Waals surface area contributed by atoms with Gasteiger partial charge in [0.1, 0.15) is 11.7 Å². The Hall–Kier alpha value is -3.42. The van der Waals surface area contributed by atoms with Crippen molar-refractivity contribution in [1.82, 2.24) is 4.90 Å². The predicted octanol–water partition coefficient (Wildman–Crippen LogP) is 5.64. The summed E-state index contributed by atoms with van der Waals surface area (Å²) in [6.45, 7) is 3.11. The quantitative estimate of drug-likeness (QED) is 0.478. The number of halogens is 3. The molecule has 4 rings (SSSR count). The largest absolute Gasteiger partial charge is 0.358 e. The van der Waals surface area contributed by atoms with Crippen LogP contribution in [0, 0.1) is 12.7 Å². The molecule has 0 aromatic heterocycles. The van der Waals surface area contributed by atoms with Crippen molar-refractivity contribution in [2.24, 2.45) is 4.99 Å². The molecule has 6 nitrogen and oxygen atoms in total. The lowest BCUT2D eigenvalue weighted by atomic mass is 10.1. The number of hydrogen-bond donors (Lipinski definition) is 2. The number of anilines is 2. The van der Waals surface area contributed by atoms with E-state index in [0.29, 0.717) is 39.2 Å². The van der Waals surface area contributed by atoms with E-state index in [1.807, 2.05) is 11.9 Å². The van der Waals surface area contributed by atoms with E-state index in [-0.39, 0.29) is 16.8 Å². The maximum absolute atomic E-state index is 14.9. The number of nitrogens with zero attached hydrogens (tertiary/aromatic N) is 2. The molecule has 174 valence electrons. The normalized spacial score (nSPS) is 13.0. The number of amides is 2. The highest BCUT2D eigenvalue weighted by Gasteiger charge is 2.21. The number of aliphatic imine (C=N–C) groups is 1. The van der Waals surface area contributed by atoms with E-state index in [1.54, 1.807) is 43.3 Å². The number of likely N-dealkylation sites (N-methyl/N-ethyl adjacent to an activating group) is 1. The highest BCUT2D eigenvalue weighted by molar-refractivity contribution is 6.31. The molecule has 3 aromatic rings. The standard InChI is InChI=1S/C25H21Cl2FN4O2/c1-14-11-17(27)13-20(25(34)30-18-6-4-16(26)5-7-18)22(14)31-24(33)19-8-3-15(12-21(19)28)23-29-9-10-32(23)2/h3-8,11-13H,9-10H2,1-2H3,(H,30,34)(H,31,33). The highest BCUT2D eigenvalue weighted by atomic mass is 35.5. The lowest BCUT2D eigenvalue weighted by Crippen LogP contribution is -2.24. The molecule has 0 radical (unpaired) electrons. The molecule has 0 saturated heterocycles. The Labute approximate surface area is 206 Å². The molecular weight excluding hydrogens is 478 g/mol. The molecule has 0 atom stereocenters. The van der Waals surface area contributed by atoms with E-state index in [1.165, 1.54) is 18.2 Å². The lowest BCUT2D eigenvalue weighted by Gasteiger charge is -2.16. The molecule has 0 aliphatic carbocycles. The Kier molecular flexibility index (Phi) is 6.86. The molecule has 34 heavy (non-hydrogen) atoms. The molecule has 0 bridgehead atoms. The summed E-state index contributed by atoms with van der Waals surface area (Å²) in [6.07, 6.45) is 0. The van der Waals surface area contributed by atoms with Crippen LogP contribution in [-0.2, 0) is 0 Å². The second kappa shape index (κ2) is 9.83. The Balaban J connectivity index is 1.60. The number of hydrogen-bond acceptors (Lipinski definition) is 4. The molecule has 9 heteroatoms. The van der Waals surface area contributed by atoms with Gasteiger partial charge in [-0.1, -0.05) is 29.3 Å². The average molecular weight is 499 g/mol. The topological polar surface area (TPSA) is 73.8 Å². The number of amidine groups is 1. The first kappa shape index (κ1) is 23.7. The van der Waals surface area contributed by atoms with Crippen molar-refractivity contribution in [3.05, 3.63) is 92.7 Å². The number of rotatable bonds is 5. The van der Waals surface area contributed by atoms with Crippen molar-refractivity contribution in [3.63, 3.8) is 0 Å². The monoisotopic (exact) mass is 498 g/mol. The molecule has 1 aliphatic rings. The molecule has 2 N–H and O–H groups in total. The Morgan fingerprint density at radius 2 is 1.65 bits per heavy atom.